The normalized spacial score (nSPS) is 10.8. The van der Waals surface area contributed by atoms with E-state index >= 15 is 0 Å². The number of aromatic nitrogens is 2. The van der Waals surface area contributed by atoms with Gasteiger partial charge >= 0.3 is 0 Å². The molecule has 0 aliphatic heterocycles. The summed E-state index contributed by atoms with van der Waals surface area (Å²) in [6.45, 7) is 1.00. The molecule has 0 fully saturated rings. The van der Waals surface area contributed by atoms with Gasteiger partial charge in [-0.05, 0) is 53.8 Å². The van der Waals surface area contributed by atoms with E-state index in [4.69, 9.17) is 4.74 Å². The Labute approximate surface area is 197 Å². The number of nitrogens with one attached hydrogen (secondary N) is 1. The molecule has 7 heteroatoms. The van der Waals surface area contributed by atoms with Crippen LogP contribution in [0.2, 0.25) is 0 Å². The molecule has 0 aliphatic carbocycles. The average Bonchev–Trinajstić information content (AvgIpc) is 3.26. The minimum absolute atomic E-state index is 0.141. The number of benzene rings is 3. The monoisotopic (exact) mass is 461 g/mol. The Hall–Kier alpha value is -4.00. The van der Waals surface area contributed by atoms with Crippen LogP contribution >= 0.6 is 0 Å². The van der Waals surface area contributed by atoms with Crippen LogP contribution in [0, 0.1) is 11.6 Å². The fourth-order valence-corrected chi connectivity index (χ4v) is 3.49. The molecule has 5 nitrogen and oxygen atoms in total. The maximum atomic E-state index is 13.2. The Bertz CT molecular complexity index is 1210. The minimum atomic E-state index is -0.331. The van der Waals surface area contributed by atoms with Crippen molar-refractivity contribution in [1.82, 2.24) is 15.1 Å². The molecule has 3 aromatic carbocycles. The zero-order valence-corrected chi connectivity index (χ0v) is 18.6. The van der Waals surface area contributed by atoms with E-state index in [1.165, 1.54) is 29.8 Å². The van der Waals surface area contributed by atoms with Crippen LogP contribution in [0.3, 0.4) is 0 Å². The van der Waals surface area contributed by atoms with E-state index in [0.29, 0.717) is 18.7 Å². The van der Waals surface area contributed by atoms with Gasteiger partial charge in [-0.15, -0.1) is 5.10 Å². The second-order valence-corrected chi connectivity index (χ2v) is 7.93. The molecule has 4 rings (SSSR count). The van der Waals surface area contributed by atoms with Crippen molar-refractivity contribution in [3.8, 4) is 5.88 Å². The summed E-state index contributed by atoms with van der Waals surface area (Å²) in [6.07, 6.45) is 3.28. The lowest BCUT2D eigenvalue weighted by Crippen LogP contribution is -2.25. The first-order chi connectivity index (χ1) is 16.6. The number of hydrogen-bond acceptors (Lipinski definition) is 3. The third kappa shape index (κ3) is 6.51. The highest BCUT2D eigenvalue weighted by molar-refractivity contribution is 5.96. The van der Waals surface area contributed by atoms with E-state index < -0.39 is 0 Å². The van der Waals surface area contributed by atoms with Crippen molar-refractivity contribution in [3.05, 3.63) is 119 Å². The largest absolute Gasteiger partial charge is 0.471 e. The van der Waals surface area contributed by atoms with Crippen LogP contribution < -0.4 is 10.1 Å². The van der Waals surface area contributed by atoms with Crippen LogP contribution in [0.15, 0.2) is 85.1 Å². The number of rotatable bonds is 10. The van der Waals surface area contributed by atoms with E-state index in [-0.39, 0.29) is 30.0 Å². The molecule has 174 valence electrons. The van der Waals surface area contributed by atoms with Crippen molar-refractivity contribution in [2.24, 2.45) is 0 Å². The highest BCUT2D eigenvalue weighted by Gasteiger charge is 2.18. The molecule has 0 saturated carbocycles. The lowest BCUT2D eigenvalue weighted by Gasteiger charge is -2.07. The fourth-order valence-electron chi connectivity index (χ4n) is 3.49. The summed E-state index contributed by atoms with van der Waals surface area (Å²) >= 11 is 0. The van der Waals surface area contributed by atoms with Crippen molar-refractivity contribution in [1.29, 1.82) is 0 Å². The van der Waals surface area contributed by atoms with Gasteiger partial charge in [0, 0.05) is 12.7 Å². The van der Waals surface area contributed by atoms with Crippen molar-refractivity contribution in [3.63, 3.8) is 0 Å². The van der Waals surface area contributed by atoms with Gasteiger partial charge in [-0.1, -0.05) is 54.6 Å². The number of aryl methyl sites for hydroxylation is 1. The average molecular weight is 462 g/mol. The van der Waals surface area contributed by atoms with Gasteiger partial charge in [-0.2, -0.15) is 0 Å². The quantitative estimate of drug-likeness (QED) is 0.332. The number of halogens is 2. The standard InChI is InChI=1S/C27H25F2N3O2/c28-23-12-8-21(9-13-23)17-32-18-25(26(33)30-16-4-7-20-5-2-1-3-6-20)27(31-32)34-19-22-10-14-24(29)15-11-22/h1-3,5-6,8-15,18H,4,7,16-17,19H2,(H,30,33). The Morgan fingerprint density at radius 1 is 0.853 bits per heavy atom. The molecule has 34 heavy (non-hydrogen) atoms. The highest BCUT2D eigenvalue weighted by Crippen LogP contribution is 2.19. The molecule has 1 heterocycles. The van der Waals surface area contributed by atoms with Gasteiger partial charge in [-0.3, -0.25) is 9.48 Å². The predicted octanol–water partition coefficient (Wildman–Crippen LogP) is 5.15. The van der Waals surface area contributed by atoms with E-state index in [1.807, 2.05) is 18.2 Å². The summed E-state index contributed by atoms with van der Waals surface area (Å²) in [5.41, 5.74) is 3.11. The van der Waals surface area contributed by atoms with Gasteiger partial charge in [0.05, 0.1) is 6.54 Å². The second-order valence-electron chi connectivity index (χ2n) is 7.93. The molecule has 1 N–H and O–H groups in total. The summed E-state index contributed by atoms with van der Waals surface area (Å²) < 4.78 is 33.8. The second kappa shape index (κ2) is 11.2. The lowest BCUT2D eigenvalue weighted by molar-refractivity contribution is 0.0948. The maximum Gasteiger partial charge on any atom is 0.258 e. The molecule has 0 bridgehead atoms. The van der Waals surface area contributed by atoms with Crippen molar-refractivity contribution < 1.29 is 18.3 Å². The van der Waals surface area contributed by atoms with Crippen molar-refractivity contribution in [2.45, 2.75) is 26.0 Å². The number of hydrogen-bond donors (Lipinski definition) is 1. The molecule has 0 radical (unpaired) electrons. The summed E-state index contributed by atoms with van der Waals surface area (Å²) in [5, 5.41) is 7.35. The van der Waals surface area contributed by atoms with Gasteiger partial charge in [0.2, 0.25) is 5.88 Å². The third-order valence-electron chi connectivity index (χ3n) is 5.29. The zero-order chi connectivity index (χ0) is 23.8. The zero-order valence-electron chi connectivity index (χ0n) is 18.6. The Morgan fingerprint density at radius 2 is 1.50 bits per heavy atom. The Balaban J connectivity index is 1.43. The topological polar surface area (TPSA) is 56.2 Å². The minimum Gasteiger partial charge on any atom is -0.471 e. The van der Waals surface area contributed by atoms with E-state index in [1.54, 1.807) is 35.1 Å². The first kappa shape index (κ1) is 23.2. The first-order valence-electron chi connectivity index (χ1n) is 11.1. The van der Waals surface area contributed by atoms with E-state index in [0.717, 1.165) is 24.0 Å². The SMILES string of the molecule is O=C(NCCCc1ccccc1)c1cn(Cc2ccc(F)cc2)nc1OCc1ccc(F)cc1. The van der Waals surface area contributed by atoms with Crippen LogP contribution in [-0.4, -0.2) is 22.2 Å². The lowest BCUT2D eigenvalue weighted by atomic mass is 10.1. The molecule has 0 aliphatic rings. The van der Waals surface area contributed by atoms with E-state index in [9.17, 15) is 13.6 Å². The Kier molecular flexibility index (Phi) is 7.65. The number of carbonyl (C=O) groups excluding carboxylic acids is 1. The molecule has 0 saturated heterocycles. The van der Waals surface area contributed by atoms with Crippen LogP contribution in [0.1, 0.15) is 33.5 Å². The van der Waals surface area contributed by atoms with Gasteiger partial charge in [-0.25, -0.2) is 8.78 Å². The van der Waals surface area contributed by atoms with Crippen LogP contribution in [0.25, 0.3) is 0 Å². The summed E-state index contributed by atoms with van der Waals surface area (Å²) in [4.78, 5) is 12.9. The predicted molar refractivity (Wildman–Crippen MR) is 126 cm³/mol. The molecule has 0 atom stereocenters. The molecule has 1 amide bonds. The van der Waals surface area contributed by atoms with Crippen LogP contribution in [0.5, 0.6) is 5.88 Å². The molecule has 0 spiro atoms. The van der Waals surface area contributed by atoms with Crippen molar-refractivity contribution >= 4 is 5.91 Å². The molecule has 0 unspecified atom stereocenters. The van der Waals surface area contributed by atoms with Crippen LogP contribution in [0.4, 0.5) is 8.78 Å². The molecular formula is C27H25F2N3O2. The van der Waals surface area contributed by atoms with Crippen LogP contribution in [-0.2, 0) is 19.6 Å². The maximum absolute atomic E-state index is 13.2. The fraction of sp³-hybridized carbons (Fsp3) is 0.185. The van der Waals surface area contributed by atoms with E-state index in [2.05, 4.69) is 22.5 Å². The van der Waals surface area contributed by atoms with Gasteiger partial charge in [0.15, 0.2) is 0 Å². The summed E-state index contributed by atoms with van der Waals surface area (Å²) in [7, 11) is 0. The number of carbonyl (C=O) groups is 1. The molecule has 4 aromatic rings. The highest BCUT2D eigenvalue weighted by atomic mass is 19.1. The smallest absolute Gasteiger partial charge is 0.258 e. The summed E-state index contributed by atoms with van der Waals surface area (Å²) in [5.74, 6) is -0.745. The molecule has 1 aromatic heterocycles. The number of nitrogens with zero attached hydrogens (tertiary/aromatic N) is 2. The summed E-state index contributed by atoms with van der Waals surface area (Å²) in [6, 6.07) is 22.1. The number of ether oxygens (including phenoxy) is 1. The first-order valence-corrected chi connectivity index (χ1v) is 11.1. The van der Waals surface area contributed by atoms with Gasteiger partial charge in [0.25, 0.3) is 5.91 Å². The van der Waals surface area contributed by atoms with Gasteiger partial charge < -0.3 is 10.1 Å². The number of amides is 1. The van der Waals surface area contributed by atoms with Gasteiger partial charge in [0.1, 0.15) is 23.8 Å². The molecular weight excluding hydrogens is 436 g/mol. The third-order valence-corrected chi connectivity index (χ3v) is 5.29. The Morgan fingerprint density at radius 3 is 2.18 bits per heavy atom. The van der Waals surface area contributed by atoms with Crippen molar-refractivity contribution in [2.75, 3.05) is 6.54 Å².